The van der Waals surface area contributed by atoms with Gasteiger partial charge in [0.1, 0.15) is 6.61 Å². The monoisotopic (exact) mass is 268 g/mol. The molecule has 0 radical (unpaired) electrons. The predicted octanol–water partition coefficient (Wildman–Crippen LogP) is 0.870. The van der Waals surface area contributed by atoms with Crippen LogP contribution in [0.15, 0.2) is 0 Å². The molecule has 0 aromatic heterocycles. The van der Waals surface area contributed by atoms with Crippen LogP contribution in [0.3, 0.4) is 0 Å². The highest BCUT2D eigenvalue weighted by atomic mass is 32.2. The molecule has 0 saturated carbocycles. The fourth-order valence-corrected chi connectivity index (χ4v) is 1.13. The van der Waals surface area contributed by atoms with E-state index >= 15 is 0 Å². The molecule has 1 N–H and O–H groups in total. The standard InChI is InChI=1S/C10H20O6S/c1-4-10(2,3)9(11)16-6-5-15-7-8-17(12,13)14/h4-8H2,1-3H3,(H,12,13,14). The van der Waals surface area contributed by atoms with Crippen molar-refractivity contribution in [2.45, 2.75) is 27.2 Å². The maximum Gasteiger partial charge on any atom is 0.311 e. The van der Waals surface area contributed by atoms with Gasteiger partial charge in [-0.3, -0.25) is 9.35 Å². The Hall–Kier alpha value is -0.660. The minimum absolute atomic E-state index is 0.0771. The third-order valence-corrected chi connectivity index (χ3v) is 3.07. The lowest BCUT2D eigenvalue weighted by molar-refractivity contribution is -0.155. The van der Waals surface area contributed by atoms with Gasteiger partial charge in [0, 0.05) is 0 Å². The normalized spacial score (nSPS) is 12.5. The van der Waals surface area contributed by atoms with Crippen molar-refractivity contribution in [3.8, 4) is 0 Å². The van der Waals surface area contributed by atoms with E-state index in [0.29, 0.717) is 6.42 Å². The summed E-state index contributed by atoms with van der Waals surface area (Å²) in [5.74, 6) is -0.764. The Morgan fingerprint density at radius 2 is 1.82 bits per heavy atom. The lowest BCUT2D eigenvalue weighted by Crippen LogP contribution is -2.27. The number of carbonyl (C=O) groups excluding carboxylic acids is 1. The van der Waals surface area contributed by atoms with E-state index in [1.54, 1.807) is 13.8 Å². The number of ether oxygens (including phenoxy) is 2. The first-order valence-corrected chi connectivity index (χ1v) is 7.00. The zero-order valence-corrected chi connectivity index (χ0v) is 11.2. The van der Waals surface area contributed by atoms with Gasteiger partial charge in [-0.2, -0.15) is 8.42 Å². The van der Waals surface area contributed by atoms with E-state index < -0.39 is 21.3 Å². The molecule has 0 unspecified atom stereocenters. The molecule has 7 heteroatoms. The van der Waals surface area contributed by atoms with E-state index in [1.807, 2.05) is 6.92 Å². The van der Waals surface area contributed by atoms with Gasteiger partial charge in [0.05, 0.1) is 24.4 Å². The quantitative estimate of drug-likeness (QED) is 0.399. The number of rotatable bonds is 8. The van der Waals surface area contributed by atoms with Crippen LogP contribution in [-0.4, -0.2) is 44.5 Å². The van der Waals surface area contributed by atoms with Gasteiger partial charge in [-0.1, -0.05) is 6.92 Å². The molecule has 0 spiro atoms. The molecule has 0 aromatic rings. The third kappa shape index (κ3) is 8.12. The second-order valence-electron chi connectivity index (χ2n) is 4.27. The summed E-state index contributed by atoms with van der Waals surface area (Å²) >= 11 is 0. The van der Waals surface area contributed by atoms with Crippen LogP contribution in [-0.2, 0) is 24.4 Å². The highest BCUT2D eigenvalue weighted by molar-refractivity contribution is 7.85. The fourth-order valence-electron chi connectivity index (χ4n) is 0.799. The van der Waals surface area contributed by atoms with Crippen LogP contribution in [0, 0.1) is 5.41 Å². The van der Waals surface area contributed by atoms with Gasteiger partial charge in [0.15, 0.2) is 0 Å². The molecule has 0 aromatic carbocycles. The molecular formula is C10H20O6S. The minimum atomic E-state index is -3.99. The molecular weight excluding hydrogens is 248 g/mol. The topological polar surface area (TPSA) is 89.9 Å². The lowest BCUT2D eigenvalue weighted by Gasteiger charge is -2.20. The molecule has 0 atom stereocenters. The van der Waals surface area contributed by atoms with E-state index in [9.17, 15) is 13.2 Å². The van der Waals surface area contributed by atoms with Crippen LogP contribution < -0.4 is 0 Å². The summed E-state index contributed by atoms with van der Waals surface area (Å²) in [5.41, 5.74) is -0.519. The Morgan fingerprint density at radius 1 is 1.24 bits per heavy atom. The van der Waals surface area contributed by atoms with Crippen molar-refractivity contribution in [1.82, 2.24) is 0 Å². The molecule has 0 amide bonds. The van der Waals surface area contributed by atoms with Crippen molar-refractivity contribution in [2.24, 2.45) is 5.41 Å². The van der Waals surface area contributed by atoms with Gasteiger partial charge < -0.3 is 9.47 Å². The summed E-state index contributed by atoms with van der Waals surface area (Å²) in [7, 11) is -3.99. The maximum atomic E-state index is 11.5. The van der Waals surface area contributed by atoms with Crippen LogP contribution in [0.25, 0.3) is 0 Å². The molecule has 17 heavy (non-hydrogen) atoms. The van der Waals surface area contributed by atoms with E-state index in [0.717, 1.165) is 0 Å². The van der Waals surface area contributed by atoms with Gasteiger partial charge >= 0.3 is 5.97 Å². The Labute approximate surface area is 102 Å². The molecule has 0 heterocycles. The number of carbonyl (C=O) groups is 1. The molecule has 0 fully saturated rings. The third-order valence-electron chi connectivity index (χ3n) is 2.38. The number of hydrogen-bond donors (Lipinski definition) is 1. The zero-order valence-electron chi connectivity index (χ0n) is 10.4. The molecule has 0 aliphatic rings. The highest BCUT2D eigenvalue weighted by Crippen LogP contribution is 2.21. The van der Waals surface area contributed by atoms with Crippen molar-refractivity contribution in [2.75, 3.05) is 25.6 Å². The highest BCUT2D eigenvalue weighted by Gasteiger charge is 2.26. The van der Waals surface area contributed by atoms with Gasteiger partial charge in [-0.25, -0.2) is 0 Å². The average molecular weight is 268 g/mol. The van der Waals surface area contributed by atoms with Crippen molar-refractivity contribution in [3.05, 3.63) is 0 Å². The SMILES string of the molecule is CCC(C)(C)C(=O)OCCOCCS(=O)(=O)O. The minimum Gasteiger partial charge on any atom is -0.463 e. The first kappa shape index (κ1) is 16.3. The Balaban J connectivity index is 3.63. The Kier molecular flexibility index (Phi) is 6.66. The largest absolute Gasteiger partial charge is 0.463 e. The van der Waals surface area contributed by atoms with Gasteiger partial charge in [0.2, 0.25) is 0 Å². The molecule has 102 valence electrons. The van der Waals surface area contributed by atoms with E-state index in [4.69, 9.17) is 14.0 Å². The second-order valence-corrected chi connectivity index (χ2v) is 5.84. The van der Waals surface area contributed by atoms with Crippen LogP contribution in [0.5, 0.6) is 0 Å². The zero-order chi connectivity index (χ0) is 13.5. The molecule has 6 nitrogen and oxygen atoms in total. The van der Waals surface area contributed by atoms with Crippen molar-refractivity contribution >= 4 is 16.1 Å². The Morgan fingerprint density at radius 3 is 2.29 bits per heavy atom. The summed E-state index contributed by atoms with van der Waals surface area (Å²) in [6, 6.07) is 0. The van der Waals surface area contributed by atoms with Crippen LogP contribution in [0.1, 0.15) is 27.2 Å². The van der Waals surface area contributed by atoms with E-state index in [-0.39, 0.29) is 25.8 Å². The van der Waals surface area contributed by atoms with Gasteiger partial charge in [-0.15, -0.1) is 0 Å². The number of hydrogen-bond acceptors (Lipinski definition) is 5. The molecule has 0 saturated heterocycles. The summed E-state index contributed by atoms with van der Waals surface area (Å²) < 4.78 is 38.9. The van der Waals surface area contributed by atoms with Crippen molar-refractivity contribution in [1.29, 1.82) is 0 Å². The van der Waals surface area contributed by atoms with Crippen molar-refractivity contribution in [3.63, 3.8) is 0 Å². The average Bonchev–Trinajstić information content (AvgIpc) is 2.21. The van der Waals surface area contributed by atoms with Gasteiger partial charge in [0.25, 0.3) is 10.1 Å². The predicted molar refractivity (Wildman–Crippen MR) is 62.3 cm³/mol. The molecule has 0 aliphatic carbocycles. The van der Waals surface area contributed by atoms with Crippen LogP contribution in [0.2, 0.25) is 0 Å². The lowest BCUT2D eigenvalue weighted by atomic mass is 9.91. The Bertz CT molecular complexity index is 333. The summed E-state index contributed by atoms with van der Waals surface area (Å²) in [6.45, 7) is 5.54. The van der Waals surface area contributed by atoms with E-state index in [2.05, 4.69) is 0 Å². The first-order chi connectivity index (χ1) is 7.69. The summed E-state index contributed by atoms with van der Waals surface area (Å²) in [5, 5.41) is 0. The van der Waals surface area contributed by atoms with Crippen molar-refractivity contribution < 1.29 is 27.2 Å². The van der Waals surface area contributed by atoms with E-state index in [1.165, 1.54) is 0 Å². The summed E-state index contributed by atoms with van der Waals surface area (Å²) in [6.07, 6.45) is 0.676. The van der Waals surface area contributed by atoms with Crippen LogP contribution in [0.4, 0.5) is 0 Å². The van der Waals surface area contributed by atoms with Crippen LogP contribution >= 0.6 is 0 Å². The second kappa shape index (κ2) is 6.93. The molecule has 0 bridgehead atoms. The smallest absolute Gasteiger partial charge is 0.311 e. The number of esters is 1. The maximum absolute atomic E-state index is 11.5. The molecule has 0 aliphatic heterocycles. The molecule has 0 rings (SSSR count). The van der Waals surface area contributed by atoms with Gasteiger partial charge in [-0.05, 0) is 20.3 Å². The fraction of sp³-hybridized carbons (Fsp3) is 0.900. The summed E-state index contributed by atoms with van der Waals surface area (Å²) in [4.78, 5) is 11.5. The first-order valence-electron chi connectivity index (χ1n) is 5.39.